The summed E-state index contributed by atoms with van der Waals surface area (Å²) in [5, 5.41) is 7.83. The fourth-order valence-electron chi connectivity index (χ4n) is 3.91. The lowest BCUT2D eigenvalue weighted by Gasteiger charge is -2.34. The summed E-state index contributed by atoms with van der Waals surface area (Å²) in [5.74, 6) is 1.47. The first kappa shape index (κ1) is 20.6. The first-order valence-corrected chi connectivity index (χ1v) is 10.6. The van der Waals surface area contributed by atoms with E-state index < -0.39 is 0 Å². The largest absolute Gasteiger partial charge is 0.493 e. The number of hydrogen-bond donors (Lipinski definition) is 1. The standard InChI is InChI=1S/C22H28N6OS/c1-6-29-18-8-7-16(22(30)28-11-9-26(4)10-12-28)13-17(18)21-23-15(3)20-19(24-21)14(2)25-27(20)5/h7-8,13H,3,6,9-12H2,1-2,4-5H3,(H,23,24). The van der Waals surface area contributed by atoms with Crippen molar-refractivity contribution in [3.05, 3.63) is 47.3 Å². The number of aliphatic imine (C=N–C) groups is 1. The molecule has 1 fully saturated rings. The number of ether oxygens (including phenoxy) is 1. The molecule has 1 N–H and O–H groups in total. The number of rotatable bonds is 4. The Morgan fingerprint density at radius 1 is 1.23 bits per heavy atom. The van der Waals surface area contributed by atoms with Crippen molar-refractivity contribution in [1.82, 2.24) is 24.9 Å². The molecule has 2 aliphatic rings. The third-order valence-electron chi connectivity index (χ3n) is 5.54. The third-order valence-corrected chi connectivity index (χ3v) is 6.04. The van der Waals surface area contributed by atoms with E-state index in [-0.39, 0.29) is 0 Å². The summed E-state index contributed by atoms with van der Waals surface area (Å²) < 4.78 is 7.72. The summed E-state index contributed by atoms with van der Waals surface area (Å²) in [6, 6.07) is 6.09. The molecule has 0 amide bonds. The Morgan fingerprint density at radius 2 is 1.97 bits per heavy atom. The van der Waals surface area contributed by atoms with Crippen LogP contribution in [-0.4, -0.2) is 70.2 Å². The average molecular weight is 425 g/mol. The molecule has 3 heterocycles. The molecule has 1 aromatic carbocycles. The smallest absolute Gasteiger partial charge is 0.142 e. The van der Waals surface area contributed by atoms with E-state index in [1.165, 1.54) is 0 Å². The van der Waals surface area contributed by atoms with Crippen LogP contribution in [0.1, 0.15) is 29.4 Å². The van der Waals surface area contributed by atoms with Crippen LogP contribution in [0.25, 0.3) is 5.70 Å². The number of thiocarbonyl (C=S) groups is 1. The fourth-order valence-corrected chi connectivity index (χ4v) is 4.22. The van der Waals surface area contributed by atoms with E-state index in [0.717, 1.165) is 70.8 Å². The van der Waals surface area contributed by atoms with Crippen LogP contribution in [0, 0.1) is 6.92 Å². The average Bonchev–Trinajstić information content (AvgIpc) is 3.02. The highest BCUT2D eigenvalue weighted by Gasteiger charge is 2.25. The van der Waals surface area contributed by atoms with Crippen molar-refractivity contribution in [3.8, 4) is 5.75 Å². The molecule has 7 nitrogen and oxygen atoms in total. The van der Waals surface area contributed by atoms with Gasteiger partial charge in [0, 0.05) is 38.8 Å². The Kier molecular flexibility index (Phi) is 5.62. The van der Waals surface area contributed by atoms with Crippen LogP contribution in [0.15, 0.2) is 29.8 Å². The van der Waals surface area contributed by atoms with Gasteiger partial charge in [-0.15, -0.1) is 0 Å². The predicted octanol–water partition coefficient (Wildman–Crippen LogP) is 2.70. The van der Waals surface area contributed by atoms with Gasteiger partial charge in [-0.1, -0.05) is 18.8 Å². The fraction of sp³-hybridized carbons (Fsp3) is 0.409. The van der Waals surface area contributed by atoms with Gasteiger partial charge in [-0.3, -0.25) is 4.68 Å². The zero-order valence-corrected chi connectivity index (χ0v) is 18.8. The monoisotopic (exact) mass is 424 g/mol. The molecule has 0 aliphatic carbocycles. The van der Waals surface area contributed by atoms with Gasteiger partial charge >= 0.3 is 0 Å². The second-order valence-corrected chi connectivity index (χ2v) is 8.10. The molecule has 0 radical (unpaired) electrons. The topological polar surface area (TPSA) is 57.9 Å². The maximum atomic E-state index is 5.91. The van der Waals surface area contributed by atoms with E-state index in [1.807, 2.05) is 37.7 Å². The van der Waals surface area contributed by atoms with E-state index in [1.54, 1.807) is 0 Å². The predicted molar refractivity (Wildman–Crippen MR) is 125 cm³/mol. The number of benzene rings is 1. The van der Waals surface area contributed by atoms with E-state index in [0.29, 0.717) is 12.4 Å². The van der Waals surface area contributed by atoms with Gasteiger partial charge in [0.25, 0.3) is 0 Å². The molecule has 0 atom stereocenters. The molecule has 0 bridgehead atoms. The number of amidine groups is 1. The first-order valence-electron chi connectivity index (χ1n) is 10.2. The Balaban J connectivity index is 1.73. The van der Waals surface area contributed by atoms with Crippen LogP contribution in [0.3, 0.4) is 0 Å². The van der Waals surface area contributed by atoms with E-state index in [2.05, 4.69) is 39.9 Å². The number of hydrogen-bond acceptors (Lipinski definition) is 6. The Bertz CT molecular complexity index is 1030. The molecule has 8 heteroatoms. The lowest BCUT2D eigenvalue weighted by atomic mass is 10.1. The maximum absolute atomic E-state index is 5.91. The van der Waals surface area contributed by atoms with Crippen molar-refractivity contribution in [3.63, 3.8) is 0 Å². The van der Waals surface area contributed by atoms with Gasteiger partial charge < -0.3 is 19.9 Å². The molecule has 0 saturated carbocycles. The number of aryl methyl sites for hydroxylation is 2. The highest BCUT2D eigenvalue weighted by molar-refractivity contribution is 7.80. The number of nitrogens with zero attached hydrogens (tertiary/aromatic N) is 5. The molecule has 1 saturated heterocycles. The van der Waals surface area contributed by atoms with Crippen molar-refractivity contribution in [2.45, 2.75) is 13.8 Å². The maximum Gasteiger partial charge on any atom is 0.142 e. The van der Waals surface area contributed by atoms with Gasteiger partial charge in [-0.25, -0.2) is 4.99 Å². The van der Waals surface area contributed by atoms with Crippen LogP contribution in [0.5, 0.6) is 5.75 Å². The van der Waals surface area contributed by atoms with Gasteiger partial charge in [0.15, 0.2) is 0 Å². The molecular formula is C22H28N6OS. The van der Waals surface area contributed by atoms with Gasteiger partial charge in [-0.05, 0) is 39.1 Å². The molecule has 0 unspecified atom stereocenters. The zero-order valence-electron chi connectivity index (χ0n) is 18.0. The first-order chi connectivity index (χ1) is 14.4. The van der Waals surface area contributed by atoms with Gasteiger partial charge in [0.05, 0.1) is 23.6 Å². The second kappa shape index (κ2) is 8.20. The van der Waals surface area contributed by atoms with Crippen molar-refractivity contribution in [2.75, 3.05) is 39.8 Å². The van der Waals surface area contributed by atoms with Crippen molar-refractivity contribution < 1.29 is 4.74 Å². The van der Waals surface area contributed by atoms with Crippen LogP contribution in [-0.2, 0) is 7.05 Å². The SMILES string of the molecule is C=C1NC(c2cc(C(=S)N3CCN(C)CC3)ccc2OCC)=Nc2c(C)nn(C)c21. The molecule has 1 aromatic heterocycles. The number of fused-ring (bicyclic) bond motifs is 1. The third kappa shape index (κ3) is 3.73. The van der Waals surface area contributed by atoms with E-state index >= 15 is 0 Å². The molecule has 2 aromatic rings. The van der Waals surface area contributed by atoms with Crippen LogP contribution < -0.4 is 10.1 Å². The quantitative estimate of drug-likeness (QED) is 0.762. The highest BCUT2D eigenvalue weighted by atomic mass is 32.1. The molecule has 0 spiro atoms. The summed E-state index contributed by atoms with van der Waals surface area (Å²) in [7, 11) is 4.05. The van der Waals surface area contributed by atoms with Gasteiger partial charge in [-0.2, -0.15) is 5.10 Å². The minimum atomic E-state index is 0.570. The van der Waals surface area contributed by atoms with Crippen LogP contribution in [0.4, 0.5) is 5.69 Å². The minimum absolute atomic E-state index is 0.570. The Labute approximate surface area is 183 Å². The van der Waals surface area contributed by atoms with Gasteiger partial charge in [0.1, 0.15) is 28.0 Å². The Hall–Kier alpha value is -2.71. The van der Waals surface area contributed by atoms with Gasteiger partial charge in [0.2, 0.25) is 0 Å². The Morgan fingerprint density at radius 3 is 2.67 bits per heavy atom. The summed E-state index contributed by atoms with van der Waals surface area (Å²) >= 11 is 5.83. The zero-order chi connectivity index (χ0) is 21.4. The summed E-state index contributed by atoms with van der Waals surface area (Å²) in [4.78, 5) is 10.3. The van der Waals surface area contributed by atoms with Crippen LogP contribution in [0.2, 0.25) is 0 Å². The number of likely N-dealkylation sites (N-methyl/N-ethyl adjacent to an activating group) is 1. The van der Waals surface area contributed by atoms with E-state index in [4.69, 9.17) is 21.9 Å². The number of piperazine rings is 1. The number of aromatic nitrogens is 2. The van der Waals surface area contributed by atoms with Crippen molar-refractivity contribution >= 4 is 34.4 Å². The summed E-state index contributed by atoms with van der Waals surface area (Å²) in [6.45, 7) is 12.6. The lowest BCUT2D eigenvalue weighted by molar-refractivity contribution is 0.218. The molecule has 2 aliphatic heterocycles. The normalized spacial score (nSPS) is 16.7. The second-order valence-electron chi connectivity index (χ2n) is 7.71. The molecule has 4 rings (SSSR count). The van der Waals surface area contributed by atoms with Crippen LogP contribution >= 0.6 is 12.2 Å². The van der Waals surface area contributed by atoms with Crippen molar-refractivity contribution in [2.24, 2.45) is 12.0 Å². The highest BCUT2D eigenvalue weighted by Crippen LogP contribution is 2.33. The summed E-state index contributed by atoms with van der Waals surface area (Å²) in [6.07, 6.45) is 0. The van der Waals surface area contributed by atoms with Crippen molar-refractivity contribution in [1.29, 1.82) is 0 Å². The lowest BCUT2D eigenvalue weighted by Crippen LogP contribution is -2.46. The molecular weight excluding hydrogens is 396 g/mol. The minimum Gasteiger partial charge on any atom is -0.493 e. The number of nitrogens with one attached hydrogen (secondary N) is 1. The van der Waals surface area contributed by atoms with E-state index in [9.17, 15) is 0 Å². The summed E-state index contributed by atoms with van der Waals surface area (Å²) in [5.41, 5.74) is 5.25. The molecule has 30 heavy (non-hydrogen) atoms. The molecule has 158 valence electrons.